The SMILES string of the molecule is CSC1(CNCc2ccsc2C(=O)O)CCC1. The number of thiophene rings is 1. The summed E-state index contributed by atoms with van der Waals surface area (Å²) in [6.07, 6.45) is 6.03. The van der Waals surface area contributed by atoms with Crippen LogP contribution in [0.1, 0.15) is 34.5 Å². The summed E-state index contributed by atoms with van der Waals surface area (Å²) in [5.41, 5.74) is 0.901. The van der Waals surface area contributed by atoms with Crippen LogP contribution >= 0.6 is 23.1 Å². The first kappa shape index (κ1) is 12.9. The van der Waals surface area contributed by atoms with E-state index in [1.807, 2.05) is 23.2 Å². The molecule has 2 rings (SSSR count). The average Bonchev–Trinajstić information content (AvgIpc) is 2.70. The highest BCUT2D eigenvalue weighted by Gasteiger charge is 2.35. The molecule has 0 unspecified atom stereocenters. The lowest BCUT2D eigenvalue weighted by atomic mass is 9.84. The van der Waals surface area contributed by atoms with E-state index in [-0.39, 0.29) is 0 Å². The second-order valence-electron chi connectivity index (χ2n) is 4.42. The molecule has 0 radical (unpaired) electrons. The summed E-state index contributed by atoms with van der Waals surface area (Å²) in [7, 11) is 0. The average molecular weight is 271 g/mol. The molecule has 5 heteroatoms. The van der Waals surface area contributed by atoms with Gasteiger partial charge in [0.05, 0.1) is 0 Å². The van der Waals surface area contributed by atoms with Crippen molar-refractivity contribution in [2.24, 2.45) is 0 Å². The van der Waals surface area contributed by atoms with Crippen LogP contribution < -0.4 is 5.32 Å². The molecular weight excluding hydrogens is 254 g/mol. The van der Waals surface area contributed by atoms with Gasteiger partial charge in [-0.2, -0.15) is 11.8 Å². The van der Waals surface area contributed by atoms with Gasteiger partial charge in [0.2, 0.25) is 0 Å². The van der Waals surface area contributed by atoms with Crippen LogP contribution in [-0.4, -0.2) is 28.6 Å². The molecule has 0 spiro atoms. The standard InChI is InChI=1S/C12H17NO2S2/c1-16-12(4-2-5-12)8-13-7-9-3-6-17-10(9)11(14)15/h3,6,13H,2,4-5,7-8H2,1H3,(H,14,15). The van der Waals surface area contributed by atoms with Crippen molar-refractivity contribution in [3.63, 3.8) is 0 Å². The Hall–Kier alpha value is -0.520. The topological polar surface area (TPSA) is 49.3 Å². The van der Waals surface area contributed by atoms with Gasteiger partial charge in [0.15, 0.2) is 0 Å². The Morgan fingerprint density at radius 1 is 1.65 bits per heavy atom. The number of carboxylic acid groups (broad SMARTS) is 1. The maximum absolute atomic E-state index is 10.9. The monoisotopic (exact) mass is 271 g/mol. The van der Waals surface area contributed by atoms with Crippen LogP contribution in [0.3, 0.4) is 0 Å². The normalized spacial score (nSPS) is 17.7. The Morgan fingerprint density at radius 2 is 2.41 bits per heavy atom. The van der Waals surface area contributed by atoms with Crippen LogP contribution in [0.2, 0.25) is 0 Å². The fraction of sp³-hybridized carbons (Fsp3) is 0.583. The lowest BCUT2D eigenvalue weighted by Gasteiger charge is -2.40. The van der Waals surface area contributed by atoms with Gasteiger partial charge in [0.25, 0.3) is 0 Å². The van der Waals surface area contributed by atoms with Crippen molar-refractivity contribution in [1.29, 1.82) is 0 Å². The predicted octanol–water partition coefficient (Wildman–Crippen LogP) is 2.82. The molecule has 17 heavy (non-hydrogen) atoms. The zero-order chi connectivity index (χ0) is 12.3. The van der Waals surface area contributed by atoms with Crippen LogP contribution in [0, 0.1) is 0 Å². The molecule has 1 heterocycles. The van der Waals surface area contributed by atoms with Gasteiger partial charge in [-0.3, -0.25) is 0 Å². The summed E-state index contributed by atoms with van der Waals surface area (Å²) >= 11 is 3.23. The molecule has 1 aromatic heterocycles. The number of aromatic carboxylic acids is 1. The Morgan fingerprint density at radius 3 is 2.94 bits per heavy atom. The third-order valence-corrected chi connectivity index (χ3v) is 5.76. The Labute approximate surface area is 110 Å². The smallest absolute Gasteiger partial charge is 0.346 e. The van der Waals surface area contributed by atoms with Crippen LogP contribution in [0.4, 0.5) is 0 Å². The van der Waals surface area contributed by atoms with Gasteiger partial charge in [-0.05, 0) is 36.1 Å². The lowest BCUT2D eigenvalue weighted by molar-refractivity contribution is 0.0701. The van der Waals surface area contributed by atoms with E-state index in [0.717, 1.165) is 12.1 Å². The van der Waals surface area contributed by atoms with E-state index in [1.54, 1.807) is 0 Å². The lowest BCUT2D eigenvalue weighted by Crippen LogP contribution is -2.43. The molecule has 0 saturated heterocycles. The molecular formula is C12H17NO2S2. The highest BCUT2D eigenvalue weighted by Crippen LogP contribution is 2.42. The van der Waals surface area contributed by atoms with Crippen molar-refractivity contribution in [2.75, 3.05) is 12.8 Å². The molecule has 2 N–H and O–H groups in total. The number of thioether (sulfide) groups is 1. The zero-order valence-corrected chi connectivity index (χ0v) is 11.5. The van der Waals surface area contributed by atoms with E-state index in [0.29, 0.717) is 16.2 Å². The van der Waals surface area contributed by atoms with Gasteiger partial charge in [0.1, 0.15) is 4.88 Å². The fourth-order valence-corrected chi connectivity index (χ4v) is 3.82. The van der Waals surface area contributed by atoms with Gasteiger partial charge in [0, 0.05) is 17.8 Å². The fourth-order valence-electron chi connectivity index (χ4n) is 2.11. The molecule has 94 valence electrons. The van der Waals surface area contributed by atoms with E-state index >= 15 is 0 Å². The predicted molar refractivity (Wildman–Crippen MR) is 73.1 cm³/mol. The summed E-state index contributed by atoms with van der Waals surface area (Å²) in [4.78, 5) is 11.4. The molecule has 0 atom stereocenters. The number of carboxylic acids is 1. The molecule has 0 bridgehead atoms. The van der Waals surface area contributed by atoms with Crippen LogP contribution in [0.5, 0.6) is 0 Å². The van der Waals surface area contributed by atoms with Crippen LogP contribution in [-0.2, 0) is 6.54 Å². The van der Waals surface area contributed by atoms with Gasteiger partial charge < -0.3 is 10.4 Å². The molecule has 1 fully saturated rings. The van der Waals surface area contributed by atoms with Crippen molar-refractivity contribution in [3.8, 4) is 0 Å². The summed E-state index contributed by atoms with van der Waals surface area (Å²) in [6, 6.07) is 1.90. The van der Waals surface area contributed by atoms with E-state index in [1.165, 1.54) is 30.6 Å². The molecule has 3 nitrogen and oxygen atoms in total. The van der Waals surface area contributed by atoms with E-state index in [9.17, 15) is 4.79 Å². The van der Waals surface area contributed by atoms with E-state index in [4.69, 9.17) is 5.11 Å². The van der Waals surface area contributed by atoms with Crippen molar-refractivity contribution < 1.29 is 9.90 Å². The molecule has 0 amide bonds. The Kier molecular flexibility index (Phi) is 4.12. The first-order valence-corrected chi connectivity index (χ1v) is 7.83. The number of hydrogen-bond acceptors (Lipinski definition) is 4. The number of rotatable bonds is 6. The molecule has 1 saturated carbocycles. The number of nitrogens with one attached hydrogen (secondary N) is 1. The van der Waals surface area contributed by atoms with Crippen molar-refractivity contribution in [2.45, 2.75) is 30.6 Å². The number of carbonyl (C=O) groups is 1. The summed E-state index contributed by atoms with van der Waals surface area (Å²) in [5, 5.41) is 14.2. The molecule has 1 aromatic rings. The van der Waals surface area contributed by atoms with Crippen LogP contribution in [0.25, 0.3) is 0 Å². The zero-order valence-electron chi connectivity index (χ0n) is 9.86. The van der Waals surface area contributed by atoms with Crippen molar-refractivity contribution in [3.05, 3.63) is 21.9 Å². The second-order valence-corrected chi connectivity index (χ2v) is 6.61. The first-order valence-electron chi connectivity index (χ1n) is 5.72. The van der Waals surface area contributed by atoms with E-state index in [2.05, 4.69) is 11.6 Å². The summed E-state index contributed by atoms with van der Waals surface area (Å²) in [6.45, 7) is 1.64. The quantitative estimate of drug-likeness (QED) is 0.835. The minimum absolute atomic E-state index is 0.402. The van der Waals surface area contributed by atoms with Gasteiger partial charge in [-0.1, -0.05) is 6.42 Å². The van der Waals surface area contributed by atoms with Gasteiger partial charge in [-0.15, -0.1) is 11.3 Å². The molecule has 0 aromatic carbocycles. The highest BCUT2D eigenvalue weighted by atomic mass is 32.2. The van der Waals surface area contributed by atoms with Crippen LogP contribution in [0.15, 0.2) is 11.4 Å². The van der Waals surface area contributed by atoms with E-state index < -0.39 is 5.97 Å². The Bertz CT molecular complexity index is 393. The maximum atomic E-state index is 10.9. The largest absolute Gasteiger partial charge is 0.477 e. The highest BCUT2D eigenvalue weighted by molar-refractivity contribution is 8.00. The third-order valence-electron chi connectivity index (χ3n) is 3.40. The van der Waals surface area contributed by atoms with Gasteiger partial charge >= 0.3 is 5.97 Å². The van der Waals surface area contributed by atoms with Gasteiger partial charge in [-0.25, -0.2) is 4.79 Å². The maximum Gasteiger partial charge on any atom is 0.346 e. The first-order chi connectivity index (χ1) is 8.17. The second kappa shape index (κ2) is 5.42. The minimum atomic E-state index is -0.819. The summed E-state index contributed by atoms with van der Waals surface area (Å²) < 4.78 is 0.402. The minimum Gasteiger partial charge on any atom is -0.477 e. The number of hydrogen-bond donors (Lipinski definition) is 2. The molecule has 0 aliphatic heterocycles. The van der Waals surface area contributed by atoms with Crippen molar-refractivity contribution >= 4 is 29.1 Å². The van der Waals surface area contributed by atoms with Crippen molar-refractivity contribution in [1.82, 2.24) is 5.32 Å². The molecule has 1 aliphatic carbocycles. The summed E-state index contributed by atoms with van der Waals surface area (Å²) in [5.74, 6) is -0.819. The molecule has 1 aliphatic rings. The third kappa shape index (κ3) is 2.84. The Balaban J connectivity index is 1.85.